The summed E-state index contributed by atoms with van der Waals surface area (Å²) in [6.07, 6.45) is 0. The molecule has 8 nitrogen and oxygen atoms in total. The second-order valence-electron chi connectivity index (χ2n) is 5.77. The zero-order valence-electron chi connectivity index (χ0n) is 14.1. The Morgan fingerprint density at radius 1 is 1.12 bits per heavy atom. The normalized spacial score (nSPS) is 15.4. The lowest BCUT2D eigenvalue weighted by atomic mass is 10.2. The molecule has 25 heavy (non-hydrogen) atoms. The highest BCUT2D eigenvalue weighted by molar-refractivity contribution is 8.03. The van der Waals surface area contributed by atoms with E-state index in [1.807, 2.05) is 24.3 Å². The quantitative estimate of drug-likeness (QED) is 0.815. The van der Waals surface area contributed by atoms with Gasteiger partial charge in [-0.25, -0.2) is 8.42 Å². The van der Waals surface area contributed by atoms with E-state index >= 15 is 0 Å². The maximum atomic E-state index is 12.2. The number of hydrogen-bond donors (Lipinski definition) is 1. The molecule has 1 aliphatic rings. The second-order valence-corrected chi connectivity index (χ2v) is 8.26. The molecule has 0 aliphatic carbocycles. The number of nitrogens with zero attached hydrogens (tertiary/aromatic N) is 3. The van der Waals surface area contributed by atoms with Crippen LogP contribution in [0.2, 0.25) is 5.02 Å². The smallest absolute Gasteiger partial charge is 0.352 e. The van der Waals surface area contributed by atoms with Gasteiger partial charge in [-0.15, -0.1) is 0 Å². The molecule has 0 unspecified atom stereocenters. The Bertz CT molecular complexity index is 728. The third-order valence-corrected chi connectivity index (χ3v) is 5.75. The maximum Gasteiger partial charge on any atom is 0.352 e. The van der Waals surface area contributed by atoms with E-state index in [-0.39, 0.29) is 12.5 Å². The monoisotopic (exact) mass is 388 g/mol. The summed E-state index contributed by atoms with van der Waals surface area (Å²) >= 11 is 5.88. The fourth-order valence-corrected chi connectivity index (χ4v) is 3.09. The van der Waals surface area contributed by atoms with Crippen molar-refractivity contribution >= 4 is 38.5 Å². The van der Waals surface area contributed by atoms with Gasteiger partial charge in [-0.2, -0.15) is 4.31 Å². The van der Waals surface area contributed by atoms with Crippen molar-refractivity contribution in [2.45, 2.75) is 0 Å². The average Bonchev–Trinajstić information content (AvgIpc) is 2.60. The van der Waals surface area contributed by atoms with Crippen molar-refractivity contribution in [1.82, 2.24) is 14.5 Å². The fraction of sp³-hybridized carbons (Fsp3) is 0.467. The number of halogens is 1. The first-order valence-corrected chi connectivity index (χ1v) is 9.52. The molecule has 1 heterocycles. The van der Waals surface area contributed by atoms with E-state index in [1.165, 1.54) is 14.1 Å². The van der Waals surface area contributed by atoms with Crippen molar-refractivity contribution in [3.8, 4) is 0 Å². The first kappa shape index (κ1) is 19.5. The van der Waals surface area contributed by atoms with Crippen LogP contribution in [0.5, 0.6) is 0 Å². The number of carbonyl (C=O) groups excluding carboxylic acids is 2. The number of hydrogen-bond acceptors (Lipinski definition) is 5. The van der Waals surface area contributed by atoms with Crippen LogP contribution in [0.25, 0.3) is 0 Å². The van der Waals surface area contributed by atoms with Crippen LogP contribution in [0, 0.1) is 0 Å². The standard InChI is InChI=1S/C15H21ClN4O4S/c1-18(2)25(23,24)15(22)17-11-14(21)20-9-7-19(8-10-20)13-5-3-12(16)4-6-13/h3-6H,7-11H2,1-2H3,(H,17,22). The molecule has 2 amide bonds. The van der Waals surface area contributed by atoms with Gasteiger partial charge in [-0.05, 0) is 24.3 Å². The Morgan fingerprint density at radius 2 is 1.68 bits per heavy atom. The van der Waals surface area contributed by atoms with Crippen LogP contribution in [0.4, 0.5) is 10.5 Å². The number of carbonyl (C=O) groups is 2. The van der Waals surface area contributed by atoms with Gasteiger partial charge in [0.15, 0.2) is 0 Å². The predicted octanol–water partition coefficient (Wildman–Crippen LogP) is 0.590. The summed E-state index contributed by atoms with van der Waals surface area (Å²) in [6.45, 7) is 1.96. The summed E-state index contributed by atoms with van der Waals surface area (Å²) in [7, 11) is -1.54. The number of sulfonamides is 1. The summed E-state index contributed by atoms with van der Waals surface area (Å²) in [5.74, 6) is -0.307. The van der Waals surface area contributed by atoms with Crippen molar-refractivity contribution in [1.29, 1.82) is 0 Å². The van der Waals surface area contributed by atoms with E-state index in [4.69, 9.17) is 11.6 Å². The molecule has 1 fully saturated rings. The average molecular weight is 389 g/mol. The molecule has 1 aliphatic heterocycles. The Hall–Kier alpha value is -1.84. The van der Waals surface area contributed by atoms with E-state index in [1.54, 1.807) is 4.90 Å². The number of nitrogens with one attached hydrogen (secondary N) is 1. The minimum Gasteiger partial charge on any atom is -0.368 e. The van der Waals surface area contributed by atoms with Gasteiger partial charge in [0.1, 0.15) is 0 Å². The molecular formula is C15H21ClN4O4S. The molecule has 1 aromatic rings. The summed E-state index contributed by atoms with van der Waals surface area (Å²) in [5, 5.41) is 1.65. The molecular weight excluding hydrogens is 368 g/mol. The van der Waals surface area contributed by atoms with E-state index < -0.39 is 15.3 Å². The van der Waals surface area contributed by atoms with Gasteiger partial charge in [-0.3, -0.25) is 9.59 Å². The van der Waals surface area contributed by atoms with Gasteiger partial charge in [-0.1, -0.05) is 11.6 Å². The van der Waals surface area contributed by atoms with Crippen LogP contribution in [0.15, 0.2) is 24.3 Å². The Kier molecular flexibility index (Phi) is 6.26. The number of anilines is 1. The maximum absolute atomic E-state index is 12.2. The highest BCUT2D eigenvalue weighted by Crippen LogP contribution is 2.19. The van der Waals surface area contributed by atoms with E-state index in [9.17, 15) is 18.0 Å². The van der Waals surface area contributed by atoms with E-state index in [0.29, 0.717) is 31.2 Å². The summed E-state index contributed by atoms with van der Waals surface area (Å²) < 4.78 is 24.0. The lowest BCUT2D eigenvalue weighted by molar-refractivity contribution is -0.130. The molecule has 0 bridgehead atoms. The molecule has 138 valence electrons. The van der Waals surface area contributed by atoms with Crippen LogP contribution in [-0.4, -0.2) is 75.6 Å². The zero-order chi connectivity index (χ0) is 18.6. The first-order chi connectivity index (χ1) is 11.7. The number of benzene rings is 1. The van der Waals surface area contributed by atoms with Crippen molar-refractivity contribution < 1.29 is 18.0 Å². The molecule has 0 spiro atoms. The lowest BCUT2D eigenvalue weighted by Gasteiger charge is -2.36. The van der Waals surface area contributed by atoms with E-state index in [0.717, 1.165) is 9.99 Å². The van der Waals surface area contributed by atoms with E-state index in [2.05, 4.69) is 10.2 Å². The van der Waals surface area contributed by atoms with Crippen LogP contribution in [-0.2, 0) is 14.8 Å². The van der Waals surface area contributed by atoms with Crippen molar-refractivity contribution in [3.63, 3.8) is 0 Å². The van der Waals surface area contributed by atoms with Gasteiger partial charge in [0, 0.05) is 51.0 Å². The summed E-state index contributed by atoms with van der Waals surface area (Å²) in [6, 6.07) is 7.47. The van der Waals surface area contributed by atoms with Crippen LogP contribution in [0.1, 0.15) is 0 Å². The minimum atomic E-state index is -4.06. The van der Waals surface area contributed by atoms with Gasteiger partial charge in [0.05, 0.1) is 6.54 Å². The molecule has 10 heteroatoms. The second kappa shape index (κ2) is 8.03. The molecule has 0 atom stereocenters. The van der Waals surface area contributed by atoms with Crippen molar-refractivity contribution in [3.05, 3.63) is 29.3 Å². The number of piperazine rings is 1. The van der Waals surface area contributed by atoms with Gasteiger partial charge < -0.3 is 15.1 Å². The Balaban J connectivity index is 1.83. The van der Waals surface area contributed by atoms with Gasteiger partial charge in [0.25, 0.3) is 10.0 Å². The highest BCUT2D eigenvalue weighted by atomic mass is 35.5. The van der Waals surface area contributed by atoms with Crippen molar-refractivity contribution in [2.24, 2.45) is 0 Å². The minimum absolute atomic E-state index is 0.307. The third-order valence-electron chi connectivity index (χ3n) is 3.92. The molecule has 1 N–H and O–H groups in total. The topological polar surface area (TPSA) is 90.0 Å². The predicted molar refractivity (Wildman–Crippen MR) is 96.3 cm³/mol. The van der Waals surface area contributed by atoms with Crippen LogP contribution < -0.4 is 10.2 Å². The molecule has 0 radical (unpaired) electrons. The summed E-state index contributed by atoms with van der Waals surface area (Å²) in [5.41, 5.74) is 1.03. The van der Waals surface area contributed by atoms with Crippen LogP contribution >= 0.6 is 11.6 Å². The number of rotatable bonds is 4. The largest absolute Gasteiger partial charge is 0.368 e. The lowest BCUT2D eigenvalue weighted by Crippen LogP contribution is -2.52. The molecule has 1 saturated heterocycles. The summed E-state index contributed by atoms with van der Waals surface area (Å²) in [4.78, 5) is 27.5. The first-order valence-electron chi connectivity index (χ1n) is 7.70. The zero-order valence-corrected chi connectivity index (χ0v) is 15.7. The number of amides is 2. The Labute approximate surface area is 152 Å². The van der Waals surface area contributed by atoms with Crippen LogP contribution in [0.3, 0.4) is 0 Å². The fourth-order valence-electron chi connectivity index (χ4n) is 2.38. The van der Waals surface area contributed by atoms with Gasteiger partial charge >= 0.3 is 5.24 Å². The molecule has 2 rings (SSSR count). The third kappa shape index (κ3) is 4.83. The Morgan fingerprint density at radius 3 is 2.20 bits per heavy atom. The highest BCUT2D eigenvalue weighted by Gasteiger charge is 2.27. The SMILES string of the molecule is CN(C)S(=O)(=O)C(=O)NCC(=O)N1CCN(c2ccc(Cl)cc2)CC1. The molecule has 0 saturated carbocycles. The molecule has 0 aromatic heterocycles. The molecule has 1 aromatic carbocycles. The van der Waals surface area contributed by atoms with Crippen molar-refractivity contribution in [2.75, 3.05) is 51.7 Å². The van der Waals surface area contributed by atoms with Gasteiger partial charge in [0.2, 0.25) is 5.91 Å².